The van der Waals surface area contributed by atoms with Crippen LogP contribution < -0.4 is 4.74 Å². The summed E-state index contributed by atoms with van der Waals surface area (Å²) in [4.78, 5) is 14.3. The minimum atomic E-state index is -1.21. The normalized spacial score (nSPS) is 20.4. The lowest BCUT2D eigenvalue weighted by Gasteiger charge is -2.30. The molecule has 26 heavy (non-hydrogen) atoms. The van der Waals surface area contributed by atoms with E-state index in [9.17, 15) is 9.90 Å². The number of carbonyl (C=O) groups is 1. The summed E-state index contributed by atoms with van der Waals surface area (Å²) in [5.41, 5.74) is -0.0797. The summed E-state index contributed by atoms with van der Waals surface area (Å²) in [7, 11) is 0. The Bertz CT molecular complexity index is 692. The number of hydrogen-bond acceptors (Lipinski definition) is 4. The minimum Gasteiger partial charge on any atom is -0.490 e. The number of carbonyl (C=O) groups excluding carboxylic acids is 1. The molecule has 5 heteroatoms. The number of nitrogens with zero attached hydrogens (tertiary/aromatic N) is 1. The van der Waals surface area contributed by atoms with Gasteiger partial charge in [-0.2, -0.15) is 0 Å². The highest BCUT2D eigenvalue weighted by molar-refractivity contribution is 5.76. The fourth-order valence-corrected chi connectivity index (χ4v) is 3.01. The molecule has 1 atom stereocenters. The van der Waals surface area contributed by atoms with Gasteiger partial charge in [-0.15, -0.1) is 0 Å². The van der Waals surface area contributed by atoms with Gasteiger partial charge in [0.25, 0.3) is 0 Å². The van der Waals surface area contributed by atoms with E-state index in [4.69, 9.17) is 9.47 Å². The van der Waals surface area contributed by atoms with Crippen molar-refractivity contribution in [3.63, 3.8) is 0 Å². The Morgan fingerprint density at radius 2 is 1.81 bits per heavy atom. The monoisotopic (exact) mass is 355 g/mol. The zero-order chi connectivity index (χ0) is 18.2. The molecule has 0 aliphatic carbocycles. The van der Waals surface area contributed by atoms with Crippen LogP contribution in [-0.4, -0.2) is 54.4 Å². The molecule has 3 rings (SSSR count). The number of aryl methyl sites for hydroxylation is 1. The van der Waals surface area contributed by atoms with Gasteiger partial charge < -0.3 is 19.5 Å². The average molecular weight is 355 g/mol. The number of benzene rings is 2. The van der Waals surface area contributed by atoms with Crippen molar-refractivity contribution in [1.29, 1.82) is 0 Å². The number of para-hydroxylation sites is 1. The van der Waals surface area contributed by atoms with E-state index in [0.29, 0.717) is 31.7 Å². The second-order valence-corrected chi connectivity index (χ2v) is 6.68. The third-order valence-electron chi connectivity index (χ3n) is 4.44. The van der Waals surface area contributed by atoms with E-state index in [0.717, 1.165) is 5.56 Å². The zero-order valence-corrected chi connectivity index (χ0v) is 14.8. The number of aliphatic hydroxyl groups is 1. The fraction of sp³-hybridized carbons (Fsp3) is 0.381. The molecule has 0 radical (unpaired) electrons. The fourth-order valence-electron chi connectivity index (χ4n) is 3.01. The quantitative estimate of drug-likeness (QED) is 0.864. The lowest BCUT2D eigenvalue weighted by atomic mass is 10.1. The smallest absolute Gasteiger partial charge is 0.223 e. The topological polar surface area (TPSA) is 59.0 Å². The summed E-state index contributed by atoms with van der Waals surface area (Å²) in [6, 6.07) is 19.3. The van der Waals surface area contributed by atoms with Gasteiger partial charge in [0.05, 0.1) is 19.8 Å². The number of hydrogen-bond donors (Lipinski definition) is 1. The van der Waals surface area contributed by atoms with Gasteiger partial charge in [-0.05, 0) is 24.1 Å². The van der Waals surface area contributed by atoms with Crippen LogP contribution >= 0.6 is 0 Å². The molecule has 0 aromatic heterocycles. The predicted octanol–water partition coefficient (Wildman–Crippen LogP) is 2.29. The predicted molar refractivity (Wildman–Crippen MR) is 99.0 cm³/mol. The van der Waals surface area contributed by atoms with Crippen molar-refractivity contribution >= 4 is 5.91 Å². The van der Waals surface area contributed by atoms with Gasteiger partial charge in [0, 0.05) is 13.0 Å². The molecule has 1 fully saturated rings. The zero-order valence-electron chi connectivity index (χ0n) is 14.8. The van der Waals surface area contributed by atoms with E-state index in [1.165, 1.54) is 0 Å². The second kappa shape index (κ2) is 8.83. The van der Waals surface area contributed by atoms with Crippen LogP contribution in [0.1, 0.15) is 12.0 Å². The van der Waals surface area contributed by atoms with E-state index in [2.05, 4.69) is 0 Å². The van der Waals surface area contributed by atoms with Crippen molar-refractivity contribution in [2.24, 2.45) is 0 Å². The van der Waals surface area contributed by atoms with Gasteiger partial charge in [-0.3, -0.25) is 4.79 Å². The maximum absolute atomic E-state index is 12.6. The van der Waals surface area contributed by atoms with E-state index < -0.39 is 5.60 Å². The Kier molecular flexibility index (Phi) is 6.26. The van der Waals surface area contributed by atoms with Crippen molar-refractivity contribution < 1.29 is 19.4 Å². The summed E-state index contributed by atoms with van der Waals surface area (Å²) in [6.07, 6.45) is 1.11. The Morgan fingerprint density at radius 1 is 1.12 bits per heavy atom. The van der Waals surface area contributed by atoms with E-state index in [1.807, 2.05) is 60.7 Å². The second-order valence-electron chi connectivity index (χ2n) is 6.68. The molecule has 0 spiro atoms. The molecule has 138 valence electrons. The van der Waals surface area contributed by atoms with E-state index in [1.54, 1.807) is 4.90 Å². The van der Waals surface area contributed by atoms with Gasteiger partial charge in [0.1, 0.15) is 18.0 Å². The van der Waals surface area contributed by atoms with Crippen LogP contribution in [0.25, 0.3) is 0 Å². The summed E-state index contributed by atoms with van der Waals surface area (Å²) in [5, 5.41) is 10.9. The largest absolute Gasteiger partial charge is 0.490 e. The first-order valence-electron chi connectivity index (χ1n) is 8.94. The molecule has 1 amide bonds. The first kappa shape index (κ1) is 18.4. The van der Waals surface area contributed by atoms with Crippen LogP contribution in [0.5, 0.6) is 5.75 Å². The summed E-state index contributed by atoms with van der Waals surface area (Å²) in [5.74, 6) is 0.713. The molecule has 1 N–H and O–H groups in total. The van der Waals surface area contributed by atoms with Crippen LogP contribution in [0.2, 0.25) is 0 Å². The van der Waals surface area contributed by atoms with Gasteiger partial charge in [-0.1, -0.05) is 48.5 Å². The van der Waals surface area contributed by atoms with Crippen LogP contribution in [0.4, 0.5) is 0 Å². The Hall–Kier alpha value is -2.37. The number of ether oxygens (including phenoxy) is 2. The van der Waals surface area contributed by atoms with Crippen molar-refractivity contribution in [1.82, 2.24) is 4.90 Å². The first-order valence-corrected chi connectivity index (χ1v) is 8.94. The number of β-amino-alcohol motifs (C(OH)–C–C–N with tert-alkyl or cyclic N) is 1. The standard InChI is InChI=1S/C21H25NO4/c23-20(12-11-18-7-3-1-4-8-18)22-13-14-25-16-21(24,15-22)17-26-19-9-5-2-6-10-19/h1-10,24H,11-17H2. The van der Waals surface area contributed by atoms with Crippen LogP contribution in [0, 0.1) is 0 Å². The molecule has 1 saturated heterocycles. The Morgan fingerprint density at radius 3 is 2.54 bits per heavy atom. The maximum atomic E-state index is 12.6. The van der Waals surface area contributed by atoms with E-state index >= 15 is 0 Å². The van der Waals surface area contributed by atoms with E-state index in [-0.39, 0.29) is 25.7 Å². The third kappa shape index (κ3) is 5.31. The molecule has 1 aliphatic rings. The maximum Gasteiger partial charge on any atom is 0.223 e. The molecule has 0 bridgehead atoms. The van der Waals surface area contributed by atoms with Gasteiger partial charge in [-0.25, -0.2) is 0 Å². The van der Waals surface area contributed by atoms with Crippen molar-refractivity contribution in [2.75, 3.05) is 32.9 Å². The van der Waals surface area contributed by atoms with Gasteiger partial charge >= 0.3 is 0 Å². The highest BCUT2D eigenvalue weighted by Crippen LogP contribution is 2.17. The Labute approximate surface area is 154 Å². The third-order valence-corrected chi connectivity index (χ3v) is 4.44. The molecular weight excluding hydrogens is 330 g/mol. The summed E-state index contributed by atoms with van der Waals surface area (Å²) in [6.45, 7) is 1.36. The molecule has 1 heterocycles. The van der Waals surface area contributed by atoms with Gasteiger partial charge in [0.15, 0.2) is 0 Å². The molecule has 0 saturated carbocycles. The van der Waals surface area contributed by atoms with Crippen LogP contribution in [-0.2, 0) is 16.0 Å². The molecule has 2 aromatic rings. The molecule has 5 nitrogen and oxygen atoms in total. The van der Waals surface area contributed by atoms with Gasteiger partial charge in [0.2, 0.25) is 5.91 Å². The highest BCUT2D eigenvalue weighted by Gasteiger charge is 2.35. The summed E-state index contributed by atoms with van der Waals surface area (Å²) >= 11 is 0. The Balaban J connectivity index is 1.56. The summed E-state index contributed by atoms with van der Waals surface area (Å²) < 4.78 is 11.2. The molecule has 1 aliphatic heterocycles. The molecule has 1 unspecified atom stereocenters. The molecule has 2 aromatic carbocycles. The van der Waals surface area contributed by atoms with Crippen LogP contribution in [0.15, 0.2) is 60.7 Å². The van der Waals surface area contributed by atoms with Crippen molar-refractivity contribution in [3.8, 4) is 5.75 Å². The number of amides is 1. The SMILES string of the molecule is O=C(CCc1ccccc1)N1CCOCC(O)(COc2ccccc2)C1. The average Bonchev–Trinajstić information content (AvgIpc) is 2.88. The van der Waals surface area contributed by atoms with Crippen LogP contribution in [0.3, 0.4) is 0 Å². The van der Waals surface area contributed by atoms with Crippen molar-refractivity contribution in [2.45, 2.75) is 18.4 Å². The minimum absolute atomic E-state index is 0.0255. The lowest BCUT2D eigenvalue weighted by Crippen LogP contribution is -2.50. The molecular formula is C21H25NO4. The first-order chi connectivity index (χ1) is 12.6. The highest BCUT2D eigenvalue weighted by atomic mass is 16.5. The number of rotatable bonds is 6. The lowest BCUT2D eigenvalue weighted by molar-refractivity contribution is -0.134. The van der Waals surface area contributed by atoms with Crippen molar-refractivity contribution in [3.05, 3.63) is 66.2 Å².